The number of H-pyrrole nitrogens is 2. The zero-order valence-corrected chi connectivity index (χ0v) is 24.4. The molecule has 2 unspecified atom stereocenters. The summed E-state index contributed by atoms with van der Waals surface area (Å²) in [7, 11) is 0. The number of nitrogens with one attached hydrogen (secondary N) is 2. The molecule has 0 amide bonds. The van der Waals surface area contributed by atoms with Crippen molar-refractivity contribution in [1.29, 1.82) is 0 Å². The lowest BCUT2D eigenvalue weighted by atomic mass is 9.57. The van der Waals surface area contributed by atoms with Crippen molar-refractivity contribution in [1.82, 2.24) is 24.8 Å². The molecule has 0 aliphatic heterocycles. The molecule has 6 nitrogen and oxygen atoms in total. The van der Waals surface area contributed by atoms with Crippen molar-refractivity contribution in [2.45, 2.75) is 37.4 Å². The van der Waals surface area contributed by atoms with Gasteiger partial charge in [-0.05, 0) is 36.1 Å². The SMILES string of the molecule is CC(c1ncc[nH]1)N(Cc1ccc(C=O)cc1)C(C)(c1ncc[nH]1)C(c1ccccc1)(c1ccccc1)c1ccccc1. The van der Waals surface area contributed by atoms with Gasteiger partial charge in [-0.25, -0.2) is 9.97 Å². The van der Waals surface area contributed by atoms with Gasteiger partial charge in [-0.1, -0.05) is 115 Å². The fraction of sp³-hybridized carbons (Fsp3) is 0.162. The van der Waals surface area contributed by atoms with Crippen molar-refractivity contribution in [3.8, 4) is 0 Å². The number of carbonyl (C=O) groups is 1. The first-order valence-electron chi connectivity index (χ1n) is 14.6. The van der Waals surface area contributed by atoms with Gasteiger partial charge >= 0.3 is 0 Å². The Kier molecular flexibility index (Phi) is 7.86. The number of rotatable bonds is 11. The highest BCUT2D eigenvalue weighted by Crippen LogP contribution is 2.56. The van der Waals surface area contributed by atoms with Crippen LogP contribution in [0.2, 0.25) is 0 Å². The van der Waals surface area contributed by atoms with Crippen LogP contribution in [0.1, 0.15) is 64.1 Å². The first kappa shape index (κ1) is 28.1. The van der Waals surface area contributed by atoms with E-state index >= 15 is 0 Å². The van der Waals surface area contributed by atoms with Gasteiger partial charge in [-0.2, -0.15) is 0 Å². The summed E-state index contributed by atoms with van der Waals surface area (Å²) in [4.78, 5) is 30.6. The van der Waals surface area contributed by atoms with Crippen LogP contribution in [0.5, 0.6) is 0 Å². The van der Waals surface area contributed by atoms with Crippen molar-refractivity contribution in [3.63, 3.8) is 0 Å². The number of nitrogens with zero attached hydrogens (tertiary/aromatic N) is 3. The van der Waals surface area contributed by atoms with Crippen LogP contribution < -0.4 is 0 Å². The predicted molar refractivity (Wildman–Crippen MR) is 170 cm³/mol. The minimum atomic E-state index is -0.809. The van der Waals surface area contributed by atoms with Crippen LogP contribution in [0, 0.1) is 0 Å². The van der Waals surface area contributed by atoms with E-state index in [0.29, 0.717) is 12.1 Å². The zero-order chi connectivity index (χ0) is 29.7. The largest absolute Gasteiger partial charge is 0.347 e. The molecule has 0 aliphatic carbocycles. The highest BCUT2D eigenvalue weighted by Gasteiger charge is 2.58. The van der Waals surface area contributed by atoms with Crippen LogP contribution in [0.4, 0.5) is 0 Å². The van der Waals surface area contributed by atoms with E-state index in [2.05, 4.69) is 120 Å². The highest BCUT2D eigenvalue weighted by molar-refractivity contribution is 5.74. The Balaban J connectivity index is 1.73. The van der Waals surface area contributed by atoms with Gasteiger partial charge in [-0.3, -0.25) is 9.69 Å². The number of aromatic amines is 2. The molecule has 6 aromatic rings. The average Bonchev–Trinajstić information content (AvgIpc) is 3.82. The van der Waals surface area contributed by atoms with E-state index in [-0.39, 0.29) is 6.04 Å². The third-order valence-corrected chi connectivity index (χ3v) is 8.74. The zero-order valence-electron chi connectivity index (χ0n) is 24.4. The molecule has 4 aromatic carbocycles. The number of hydrogen-bond donors (Lipinski definition) is 2. The third kappa shape index (κ3) is 4.90. The Morgan fingerprint density at radius 2 is 1.23 bits per heavy atom. The van der Waals surface area contributed by atoms with E-state index in [1.54, 1.807) is 6.20 Å². The van der Waals surface area contributed by atoms with E-state index in [9.17, 15) is 4.79 Å². The molecule has 2 N–H and O–H groups in total. The number of carbonyl (C=O) groups excluding carboxylic acids is 1. The van der Waals surface area contributed by atoms with E-state index in [4.69, 9.17) is 9.97 Å². The summed E-state index contributed by atoms with van der Waals surface area (Å²) in [6.07, 6.45) is 8.27. The summed E-state index contributed by atoms with van der Waals surface area (Å²) in [6, 6.07) is 39.8. The Morgan fingerprint density at radius 3 is 1.67 bits per heavy atom. The molecular formula is C37H35N5O. The molecule has 2 aromatic heterocycles. The normalized spacial score (nSPS) is 13.8. The van der Waals surface area contributed by atoms with Gasteiger partial charge in [0.1, 0.15) is 17.9 Å². The average molecular weight is 566 g/mol. The fourth-order valence-electron chi connectivity index (χ4n) is 6.70. The maximum Gasteiger partial charge on any atom is 0.150 e. The Hall–Kier alpha value is -5.07. The number of aromatic nitrogens is 4. The number of aldehydes is 1. The van der Waals surface area contributed by atoms with Crippen LogP contribution >= 0.6 is 0 Å². The number of benzene rings is 4. The summed E-state index contributed by atoms with van der Waals surface area (Å²) >= 11 is 0. The second kappa shape index (κ2) is 12.0. The number of imidazole rings is 2. The van der Waals surface area contributed by atoms with Gasteiger partial charge < -0.3 is 9.97 Å². The summed E-state index contributed by atoms with van der Waals surface area (Å²) in [5.74, 6) is 1.68. The molecule has 0 spiro atoms. The molecular weight excluding hydrogens is 530 g/mol. The molecule has 214 valence electrons. The van der Waals surface area contributed by atoms with Gasteiger partial charge in [0.15, 0.2) is 0 Å². The first-order valence-corrected chi connectivity index (χ1v) is 14.6. The minimum absolute atomic E-state index is 0.161. The molecule has 0 fully saturated rings. The molecule has 0 saturated heterocycles. The maximum absolute atomic E-state index is 11.5. The molecule has 6 heteroatoms. The Labute approximate surface area is 252 Å². The van der Waals surface area contributed by atoms with Crippen molar-refractivity contribution >= 4 is 6.29 Å². The van der Waals surface area contributed by atoms with Gasteiger partial charge in [0.25, 0.3) is 0 Å². The van der Waals surface area contributed by atoms with Crippen LogP contribution in [0.3, 0.4) is 0 Å². The van der Waals surface area contributed by atoms with E-state index < -0.39 is 11.0 Å². The molecule has 43 heavy (non-hydrogen) atoms. The van der Waals surface area contributed by atoms with Gasteiger partial charge in [0.05, 0.1) is 17.0 Å². The molecule has 2 atom stereocenters. The lowest BCUT2D eigenvalue weighted by molar-refractivity contribution is 0.00120. The predicted octanol–water partition coefficient (Wildman–Crippen LogP) is 7.46. The van der Waals surface area contributed by atoms with E-state index in [1.165, 1.54) is 0 Å². The van der Waals surface area contributed by atoms with Crippen LogP contribution in [-0.4, -0.2) is 31.1 Å². The number of hydrogen-bond acceptors (Lipinski definition) is 4. The minimum Gasteiger partial charge on any atom is -0.347 e. The topological polar surface area (TPSA) is 77.7 Å². The quantitative estimate of drug-likeness (QED) is 0.126. The Bertz CT molecular complexity index is 1620. The molecule has 0 bridgehead atoms. The monoisotopic (exact) mass is 565 g/mol. The van der Waals surface area contributed by atoms with Crippen LogP contribution in [0.25, 0.3) is 0 Å². The third-order valence-electron chi connectivity index (χ3n) is 8.74. The van der Waals surface area contributed by atoms with Crippen LogP contribution in [-0.2, 0) is 17.5 Å². The lowest BCUT2D eigenvalue weighted by Crippen LogP contribution is -2.60. The van der Waals surface area contributed by atoms with Crippen molar-refractivity contribution in [3.05, 3.63) is 180 Å². The van der Waals surface area contributed by atoms with Crippen molar-refractivity contribution in [2.75, 3.05) is 0 Å². The summed E-state index contributed by atoms with van der Waals surface area (Å²) in [6.45, 7) is 5.04. The summed E-state index contributed by atoms with van der Waals surface area (Å²) in [5, 5.41) is 0. The smallest absolute Gasteiger partial charge is 0.150 e. The molecule has 6 rings (SSSR count). The highest BCUT2D eigenvalue weighted by atomic mass is 16.1. The maximum atomic E-state index is 11.5. The van der Waals surface area contributed by atoms with Gasteiger partial charge in [0.2, 0.25) is 0 Å². The second-order valence-electron chi connectivity index (χ2n) is 11.0. The summed E-state index contributed by atoms with van der Waals surface area (Å²) in [5.41, 5.74) is 3.59. The van der Waals surface area contributed by atoms with Crippen molar-refractivity contribution < 1.29 is 4.79 Å². The second-order valence-corrected chi connectivity index (χ2v) is 11.0. The standard InChI is InChI=1S/C37H35N5O/c1-28(34-38-22-23-39-34)42(26-29-18-20-30(27-43)21-19-29)36(2,35-40-24-25-41-35)37(31-12-6-3-7-13-31,32-14-8-4-9-15-32)33-16-10-5-11-17-33/h3-25,27-28H,26H2,1-2H3,(H,38,39)(H,40,41). The fourth-order valence-corrected chi connectivity index (χ4v) is 6.70. The van der Waals surface area contributed by atoms with Gasteiger partial charge in [-0.15, -0.1) is 0 Å². The van der Waals surface area contributed by atoms with Crippen LogP contribution in [0.15, 0.2) is 140 Å². The summed E-state index contributed by atoms with van der Waals surface area (Å²) < 4.78 is 0. The van der Waals surface area contributed by atoms with E-state index in [1.807, 2.05) is 42.9 Å². The molecule has 0 saturated carbocycles. The molecule has 0 aliphatic rings. The Morgan fingerprint density at radius 1 is 0.721 bits per heavy atom. The lowest BCUT2D eigenvalue weighted by Gasteiger charge is -2.56. The van der Waals surface area contributed by atoms with E-state index in [0.717, 1.165) is 40.2 Å². The molecule has 2 heterocycles. The van der Waals surface area contributed by atoms with Crippen molar-refractivity contribution in [2.24, 2.45) is 0 Å². The molecule has 0 radical (unpaired) electrons. The van der Waals surface area contributed by atoms with Gasteiger partial charge in [0, 0.05) is 36.9 Å². The first-order chi connectivity index (χ1) is 21.1.